The number of aliphatic hydroxyl groups excluding tert-OH is 1. The quantitative estimate of drug-likeness (QED) is 0.524. The Labute approximate surface area is 193 Å². The summed E-state index contributed by atoms with van der Waals surface area (Å²) >= 11 is 6.45. The molecular formula is C25H28ClN3O3. The van der Waals surface area contributed by atoms with Crippen LogP contribution >= 0.6 is 11.6 Å². The summed E-state index contributed by atoms with van der Waals surface area (Å²) in [5.74, 6) is -0.0482. The zero-order valence-corrected chi connectivity index (χ0v) is 19.4. The maximum Gasteiger partial charge on any atom is 0.250 e. The number of carbonyl (C=O) groups is 1. The topological polar surface area (TPSA) is 88.7 Å². The van der Waals surface area contributed by atoms with Crippen LogP contribution in [0, 0.1) is 0 Å². The highest BCUT2D eigenvalue weighted by Crippen LogP contribution is 2.40. The van der Waals surface area contributed by atoms with Crippen molar-refractivity contribution in [1.29, 1.82) is 0 Å². The molecule has 0 spiro atoms. The molecule has 1 atom stereocenters. The number of pyridine rings is 1. The van der Waals surface area contributed by atoms with Gasteiger partial charge in [0.05, 0.1) is 35.7 Å². The average molecular weight is 454 g/mol. The molecule has 0 aliphatic rings. The van der Waals surface area contributed by atoms with Gasteiger partial charge in [0.15, 0.2) is 0 Å². The molecule has 0 aliphatic heterocycles. The van der Waals surface area contributed by atoms with Gasteiger partial charge < -0.3 is 20.5 Å². The van der Waals surface area contributed by atoms with Crippen molar-refractivity contribution in [3.05, 3.63) is 82.6 Å². The van der Waals surface area contributed by atoms with Crippen LogP contribution in [-0.2, 0) is 5.41 Å². The van der Waals surface area contributed by atoms with Crippen molar-refractivity contribution in [3.8, 4) is 5.75 Å². The van der Waals surface area contributed by atoms with Gasteiger partial charge in [-0.3, -0.25) is 9.78 Å². The summed E-state index contributed by atoms with van der Waals surface area (Å²) in [6.45, 7) is 6.11. The first-order valence-corrected chi connectivity index (χ1v) is 10.6. The van der Waals surface area contributed by atoms with Gasteiger partial charge in [0, 0.05) is 18.0 Å². The average Bonchev–Trinajstić information content (AvgIpc) is 2.77. The number of ether oxygens (including phenoxy) is 1. The molecule has 32 heavy (non-hydrogen) atoms. The zero-order chi connectivity index (χ0) is 23.5. The van der Waals surface area contributed by atoms with E-state index in [9.17, 15) is 9.90 Å². The van der Waals surface area contributed by atoms with Gasteiger partial charge in [0.2, 0.25) is 0 Å². The van der Waals surface area contributed by atoms with Gasteiger partial charge in [0.1, 0.15) is 11.8 Å². The van der Waals surface area contributed by atoms with Gasteiger partial charge in [-0.05, 0) is 47.4 Å². The molecule has 0 radical (unpaired) electrons. The molecule has 3 N–H and O–H groups in total. The summed E-state index contributed by atoms with van der Waals surface area (Å²) in [5.41, 5.74) is 8.83. The Bertz CT molecular complexity index is 1090. The third kappa shape index (κ3) is 4.87. The Morgan fingerprint density at radius 3 is 2.41 bits per heavy atom. The lowest BCUT2D eigenvalue weighted by atomic mass is 9.87. The Hall–Kier alpha value is -3.09. The van der Waals surface area contributed by atoms with E-state index >= 15 is 0 Å². The number of rotatable bonds is 7. The number of amides is 1. The molecule has 0 fully saturated rings. The number of methoxy groups -OCH3 is 1. The SMILES string of the molecule is COc1ccc(C(N)=O)c(N(c2ccc(C(C)(C)C)cc2)C(CO)c2ncccc2Cl)c1. The highest BCUT2D eigenvalue weighted by Gasteiger charge is 2.29. The lowest BCUT2D eigenvalue weighted by molar-refractivity contribution is 0.100. The fourth-order valence-corrected chi connectivity index (χ4v) is 3.84. The Morgan fingerprint density at radius 1 is 1.19 bits per heavy atom. The number of hydrogen-bond donors (Lipinski definition) is 2. The third-order valence-electron chi connectivity index (χ3n) is 5.33. The summed E-state index contributed by atoms with van der Waals surface area (Å²) in [4.78, 5) is 18.5. The van der Waals surface area contributed by atoms with Crippen molar-refractivity contribution in [3.63, 3.8) is 0 Å². The molecule has 3 rings (SSSR count). The molecule has 3 aromatic rings. The maximum atomic E-state index is 12.3. The van der Waals surface area contributed by atoms with Crippen molar-refractivity contribution in [2.24, 2.45) is 5.73 Å². The first-order chi connectivity index (χ1) is 15.2. The van der Waals surface area contributed by atoms with Crippen molar-refractivity contribution < 1.29 is 14.6 Å². The Balaban J connectivity index is 2.27. The minimum atomic E-state index is -0.672. The van der Waals surface area contributed by atoms with E-state index in [1.807, 2.05) is 29.2 Å². The van der Waals surface area contributed by atoms with Crippen LogP contribution in [0.1, 0.15) is 48.4 Å². The zero-order valence-electron chi connectivity index (χ0n) is 18.7. The predicted octanol–water partition coefficient (Wildman–Crippen LogP) is 5.01. The number of halogens is 1. The number of hydrogen-bond acceptors (Lipinski definition) is 5. The number of primary amides is 1. The second-order valence-electron chi connectivity index (χ2n) is 8.48. The number of aromatic nitrogens is 1. The van der Waals surface area contributed by atoms with Gasteiger partial charge in [-0.15, -0.1) is 0 Å². The summed E-state index contributed by atoms with van der Waals surface area (Å²) in [6.07, 6.45) is 1.62. The largest absolute Gasteiger partial charge is 0.497 e. The van der Waals surface area contributed by atoms with Crippen LogP contribution < -0.4 is 15.4 Å². The number of benzene rings is 2. The fourth-order valence-electron chi connectivity index (χ4n) is 3.59. The highest BCUT2D eigenvalue weighted by molar-refractivity contribution is 6.31. The molecule has 1 aromatic heterocycles. The van der Waals surface area contributed by atoms with E-state index in [4.69, 9.17) is 22.1 Å². The number of anilines is 2. The van der Waals surface area contributed by atoms with Gasteiger partial charge >= 0.3 is 0 Å². The van der Waals surface area contributed by atoms with E-state index in [0.29, 0.717) is 22.2 Å². The van der Waals surface area contributed by atoms with E-state index in [1.54, 1.807) is 43.6 Å². The molecule has 2 aromatic carbocycles. The van der Waals surface area contributed by atoms with E-state index in [0.717, 1.165) is 11.3 Å². The Morgan fingerprint density at radius 2 is 1.88 bits per heavy atom. The van der Waals surface area contributed by atoms with Gasteiger partial charge in [-0.25, -0.2) is 0 Å². The van der Waals surface area contributed by atoms with Crippen LogP contribution in [0.2, 0.25) is 5.02 Å². The normalized spacial score (nSPS) is 12.3. The number of nitrogens with zero attached hydrogens (tertiary/aromatic N) is 2. The highest BCUT2D eigenvalue weighted by atomic mass is 35.5. The Kier molecular flexibility index (Phi) is 7.06. The standard InChI is InChI=1S/C25H28ClN3O3/c1-25(2,3)16-7-9-17(10-8-16)29(22(15-30)23-20(26)6-5-13-28-23)21-14-18(32-4)11-12-19(21)24(27)31/h5-14,22,30H,15H2,1-4H3,(H2,27,31). The molecule has 1 heterocycles. The van der Waals surface area contributed by atoms with Crippen molar-refractivity contribution >= 4 is 28.9 Å². The molecule has 0 aliphatic carbocycles. The summed E-state index contributed by atoms with van der Waals surface area (Å²) in [6, 6.07) is 15.7. The molecule has 168 valence electrons. The molecule has 7 heteroatoms. The minimum Gasteiger partial charge on any atom is -0.497 e. The molecule has 0 saturated carbocycles. The van der Waals surface area contributed by atoms with Crippen LogP contribution in [0.5, 0.6) is 5.75 Å². The smallest absolute Gasteiger partial charge is 0.250 e. The van der Waals surface area contributed by atoms with E-state index in [-0.39, 0.29) is 17.6 Å². The number of nitrogens with two attached hydrogens (primary N) is 1. The first-order valence-electron chi connectivity index (χ1n) is 10.3. The van der Waals surface area contributed by atoms with Crippen LogP contribution in [-0.4, -0.2) is 29.7 Å². The van der Waals surface area contributed by atoms with Crippen molar-refractivity contribution in [2.75, 3.05) is 18.6 Å². The molecule has 0 bridgehead atoms. The maximum absolute atomic E-state index is 12.3. The monoisotopic (exact) mass is 453 g/mol. The van der Waals surface area contributed by atoms with E-state index < -0.39 is 11.9 Å². The molecule has 0 saturated heterocycles. The number of aliphatic hydroxyl groups is 1. The first kappa shape index (κ1) is 23.6. The van der Waals surface area contributed by atoms with E-state index in [2.05, 4.69) is 25.8 Å². The molecule has 6 nitrogen and oxygen atoms in total. The van der Waals surface area contributed by atoms with Crippen molar-refractivity contribution in [2.45, 2.75) is 32.2 Å². The lowest BCUT2D eigenvalue weighted by Crippen LogP contribution is -2.30. The van der Waals surface area contributed by atoms with Crippen molar-refractivity contribution in [1.82, 2.24) is 4.98 Å². The second-order valence-corrected chi connectivity index (χ2v) is 8.89. The predicted molar refractivity (Wildman–Crippen MR) is 128 cm³/mol. The molecule has 1 unspecified atom stereocenters. The van der Waals surface area contributed by atoms with Gasteiger partial charge in [0.25, 0.3) is 5.91 Å². The summed E-state index contributed by atoms with van der Waals surface area (Å²) in [5, 5.41) is 10.9. The molecular weight excluding hydrogens is 426 g/mol. The van der Waals surface area contributed by atoms with Gasteiger partial charge in [-0.1, -0.05) is 44.5 Å². The number of carbonyl (C=O) groups excluding carboxylic acids is 1. The fraction of sp³-hybridized carbons (Fsp3) is 0.280. The van der Waals surface area contributed by atoms with Crippen LogP contribution in [0.15, 0.2) is 60.8 Å². The second kappa shape index (κ2) is 9.59. The lowest BCUT2D eigenvalue weighted by Gasteiger charge is -2.34. The van der Waals surface area contributed by atoms with Gasteiger partial charge in [-0.2, -0.15) is 0 Å². The van der Waals surface area contributed by atoms with Crippen LogP contribution in [0.3, 0.4) is 0 Å². The summed E-state index contributed by atoms with van der Waals surface area (Å²) < 4.78 is 5.40. The van der Waals surface area contributed by atoms with Crippen LogP contribution in [0.25, 0.3) is 0 Å². The van der Waals surface area contributed by atoms with Crippen LogP contribution in [0.4, 0.5) is 11.4 Å². The van der Waals surface area contributed by atoms with E-state index in [1.165, 1.54) is 0 Å². The molecule has 1 amide bonds. The third-order valence-corrected chi connectivity index (χ3v) is 5.65. The summed E-state index contributed by atoms with van der Waals surface area (Å²) in [7, 11) is 1.55. The minimum absolute atomic E-state index is 0.0294.